The molecule has 11 atom stereocenters. The van der Waals surface area contributed by atoms with Crippen LogP contribution < -0.4 is 32.3 Å². The lowest BCUT2D eigenvalue weighted by Gasteiger charge is -2.41. The van der Waals surface area contributed by atoms with Gasteiger partial charge in [0.2, 0.25) is 47.2 Å². The Morgan fingerprint density at radius 2 is 1.55 bits per heavy atom. The molecule has 5 rings (SSSR count). The molecule has 0 aliphatic carbocycles. The van der Waals surface area contributed by atoms with Crippen molar-refractivity contribution in [1.29, 1.82) is 0 Å². The van der Waals surface area contributed by atoms with E-state index in [0.29, 0.717) is 81.6 Å². The maximum absolute atomic E-state index is 14.8. The number of benzene rings is 2. The van der Waals surface area contributed by atoms with Gasteiger partial charge in [0.15, 0.2) is 11.6 Å². The number of nitrogens with one attached hydrogen (secondary N) is 5. The number of carbonyl (C=O) groups excluding carboxylic acids is 11. The van der Waals surface area contributed by atoms with E-state index in [4.69, 9.17) is 24.4 Å². The van der Waals surface area contributed by atoms with Crippen LogP contribution >= 0.6 is 11.8 Å². The molecule has 0 radical (unpaired) electrons. The highest BCUT2D eigenvalue weighted by Gasteiger charge is 2.45. The van der Waals surface area contributed by atoms with Gasteiger partial charge < -0.3 is 60.7 Å². The molecular formula is C71H106N10O15S. The summed E-state index contributed by atoms with van der Waals surface area (Å²) in [6, 6.07) is 13.0. The van der Waals surface area contributed by atoms with Gasteiger partial charge in [-0.15, -0.1) is 0 Å². The molecule has 2 saturated heterocycles. The average Bonchev–Trinajstić information content (AvgIpc) is 1.83. The van der Waals surface area contributed by atoms with Crippen molar-refractivity contribution in [2.75, 3.05) is 52.5 Å². The first-order valence-corrected chi connectivity index (χ1v) is 35.3. The Morgan fingerprint density at radius 1 is 0.845 bits per heavy atom. The summed E-state index contributed by atoms with van der Waals surface area (Å²) in [4.78, 5) is 157. The van der Waals surface area contributed by atoms with Crippen LogP contribution in [0, 0.1) is 35.5 Å². The highest BCUT2D eigenvalue weighted by atomic mass is 32.2. The second-order valence-corrected chi connectivity index (χ2v) is 28.0. The zero-order valence-corrected chi connectivity index (χ0v) is 59.8. The molecule has 536 valence electrons. The number of alkyl carbamates (subject to hydrolysis) is 1. The number of carbonyl (C=O) groups is 11. The first kappa shape index (κ1) is 80.0. The molecule has 0 bridgehead atoms. The molecule has 3 heterocycles. The summed E-state index contributed by atoms with van der Waals surface area (Å²) in [6.45, 7) is 16.8. The lowest BCUT2D eigenvalue weighted by atomic mass is 9.83. The number of nitrogens with zero attached hydrogens (tertiary/aromatic N) is 4. The van der Waals surface area contributed by atoms with E-state index < -0.39 is 83.5 Å². The number of rotatable bonds is 41. The molecule has 1 aromatic heterocycles. The Morgan fingerprint density at radius 3 is 2.14 bits per heavy atom. The molecule has 97 heavy (non-hydrogen) atoms. The first-order valence-electron chi connectivity index (χ1n) is 34.0. The molecule has 2 aliphatic rings. The van der Waals surface area contributed by atoms with Crippen molar-refractivity contribution < 1.29 is 71.4 Å². The standard InChI is InChI=1S/C71H106N10O15S/c1-14-45(6)62(55(93-11)40-59(85)80-35-22-26-53(80)63(94-12)46(7)64(87)76-52(66-73-33-36-95-66)37-47-23-17-15-18-24-47)79(10)67(89)51(43(2)3)39-57(83)71(8,9)78-70(92)96-42-48-28-30-50(31-29-48)75-65(88)49(25-21-32-74-69(72)91)38-54(82)61(44(4)5)77-58(84)27-19-16-20-34-81-60(86)41-56(97-13)68(81)90/h15,17-18,23-24,28-31,33,36,43-46,49,51-53,55-56,61-63H,14,16,19-22,25-27,32,34-35,37-42H2,1-13H3,(H,75,88)(H,76,87)(H,77,84)(H,78,92)(H3,72,74,91)/t45-,46+,49+,51-,52?,53-,55+,56?,61-,62-,63+/m0/s1. The second kappa shape index (κ2) is 39.0. The number of imide groups is 1. The van der Waals surface area contributed by atoms with Gasteiger partial charge in [-0.05, 0) is 99.6 Å². The summed E-state index contributed by atoms with van der Waals surface area (Å²) >= 11 is 1.35. The van der Waals surface area contributed by atoms with Crippen LogP contribution in [0.15, 0.2) is 71.5 Å². The zero-order chi connectivity index (χ0) is 71.7. The predicted molar refractivity (Wildman–Crippen MR) is 368 cm³/mol. The SMILES string of the molecule is CC[C@H](C)[C@@H]([C@@H](CC(=O)N1CCC[C@H]1[C@H](OC)[C@@H](C)C(=O)NC(Cc1ccccc1)c1ncco1)OC)N(C)C(=O)[C@@H](CC(=O)C(C)(C)NC(=O)OCc1ccc(NC(=O)[C@H](CCCNC(N)=O)CC(=O)[C@@H](NC(=O)CCCCCN2C(=O)CC(SC)C2=O)C(C)C)cc1)C(C)C. The number of Topliss-reactive ketones (excluding diaryl/α,β-unsaturated/α-hetero) is 2. The van der Waals surface area contributed by atoms with Crippen molar-refractivity contribution >= 4 is 82.5 Å². The van der Waals surface area contributed by atoms with E-state index in [1.807, 2.05) is 58.0 Å². The smallest absolute Gasteiger partial charge is 0.408 e. The minimum atomic E-state index is -1.48. The van der Waals surface area contributed by atoms with Crippen molar-refractivity contribution in [3.8, 4) is 0 Å². The van der Waals surface area contributed by atoms with Gasteiger partial charge in [0.1, 0.15) is 18.9 Å². The number of hydrogen-bond donors (Lipinski definition) is 6. The molecule has 2 aromatic carbocycles. The Hall–Kier alpha value is -7.71. The summed E-state index contributed by atoms with van der Waals surface area (Å²) in [5, 5.41) is 13.6. The second-order valence-electron chi connectivity index (χ2n) is 26.9. The zero-order valence-electron chi connectivity index (χ0n) is 59.0. The molecule has 2 unspecified atom stereocenters. The molecular weight excluding hydrogens is 1260 g/mol. The molecule has 25 nitrogen and oxygen atoms in total. The van der Waals surface area contributed by atoms with Crippen molar-refractivity contribution in [1.82, 2.24) is 41.0 Å². The first-order chi connectivity index (χ1) is 46.0. The number of primary amides is 1. The fraction of sp³-hybridized carbons (Fsp3) is 0.634. The fourth-order valence-corrected chi connectivity index (χ4v) is 13.4. The normalized spacial score (nSPS) is 17.7. The third kappa shape index (κ3) is 23.8. The predicted octanol–water partition coefficient (Wildman–Crippen LogP) is 8.09. The lowest BCUT2D eigenvalue weighted by molar-refractivity contribution is -0.149. The molecule has 10 amide bonds. The minimum Gasteiger partial charge on any atom is -0.447 e. The van der Waals surface area contributed by atoms with Crippen LogP contribution in [0.1, 0.15) is 169 Å². The van der Waals surface area contributed by atoms with E-state index in [0.717, 1.165) is 5.56 Å². The van der Waals surface area contributed by atoms with Crippen molar-refractivity contribution in [2.24, 2.45) is 41.2 Å². The third-order valence-electron chi connectivity index (χ3n) is 18.8. The van der Waals surface area contributed by atoms with Crippen LogP contribution in [0.4, 0.5) is 15.3 Å². The van der Waals surface area contributed by atoms with Gasteiger partial charge in [-0.3, -0.25) is 48.1 Å². The number of methoxy groups -OCH3 is 2. The number of ketones is 2. The van der Waals surface area contributed by atoms with E-state index in [1.54, 1.807) is 75.2 Å². The van der Waals surface area contributed by atoms with Crippen molar-refractivity contribution in [3.63, 3.8) is 0 Å². The van der Waals surface area contributed by atoms with E-state index in [2.05, 4.69) is 31.6 Å². The van der Waals surface area contributed by atoms with Gasteiger partial charge in [-0.1, -0.05) is 104 Å². The number of aromatic nitrogens is 1. The number of ether oxygens (including phenoxy) is 3. The minimum absolute atomic E-state index is 0.0696. The van der Waals surface area contributed by atoms with Crippen LogP contribution in [-0.2, 0) is 70.4 Å². The number of nitrogens with two attached hydrogens (primary N) is 1. The molecule has 0 saturated carbocycles. The Bertz CT molecular complexity index is 3100. The number of likely N-dealkylation sites (tertiary alicyclic amines) is 2. The molecule has 0 spiro atoms. The molecule has 26 heteroatoms. The maximum Gasteiger partial charge on any atom is 0.408 e. The Labute approximate surface area is 576 Å². The van der Waals surface area contributed by atoms with Crippen LogP contribution in [0.5, 0.6) is 0 Å². The quantitative estimate of drug-likeness (QED) is 0.0231. The summed E-state index contributed by atoms with van der Waals surface area (Å²) in [6.07, 6.45) is 6.83. The van der Waals surface area contributed by atoms with Crippen LogP contribution in [0.3, 0.4) is 0 Å². The summed E-state index contributed by atoms with van der Waals surface area (Å²) in [5.41, 5.74) is 5.69. The summed E-state index contributed by atoms with van der Waals surface area (Å²) in [7, 11) is 4.73. The van der Waals surface area contributed by atoms with E-state index in [9.17, 15) is 52.7 Å². The lowest BCUT2D eigenvalue weighted by Crippen LogP contribution is -2.55. The average molecular weight is 1370 g/mol. The Kier molecular flexibility index (Phi) is 32.2. The third-order valence-corrected chi connectivity index (χ3v) is 19.7. The molecule has 3 aromatic rings. The number of oxazole rings is 1. The van der Waals surface area contributed by atoms with Crippen molar-refractivity contribution in [2.45, 2.75) is 206 Å². The number of amides is 10. The van der Waals surface area contributed by atoms with Gasteiger partial charge in [0, 0.05) is 90.5 Å². The van der Waals surface area contributed by atoms with E-state index in [1.165, 1.54) is 50.1 Å². The Balaban J connectivity index is 1.14. The number of hydrogen-bond acceptors (Lipinski definition) is 17. The maximum atomic E-state index is 14.8. The van der Waals surface area contributed by atoms with Gasteiger partial charge in [0.25, 0.3) is 0 Å². The highest BCUT2D eigenvalue weighted by molar-refractivity contribution is 8.00. The van der Waals surface area contributed by atoms with Crippen LogP contribution in [0.25, 0.3) is 0 Å². The van der Waals surface area contributed by atoms with E-state index >= 15 is 0 Å². The topological polar surface area (TPSA) is 337 Å². The number of anilines is 1. The highest BCUT2D eigenvalue weighted by Crippen LogP contribution is 2.33. The van der Waals surface area contributed by atoms with Crippen molar-refractivity contribution in [3.05, 3.63) is 84.1 Å². The van der Waals surface area contributed by atoms with Crippen LogP contribution in [0.2, 0.25) is 0 Å². The van der Waals surface area contributed by atoms with E-state index in [-0.39, 0.29) is 116 Å². The molecule has 2 aliphatic heterocycles. The number of likely N-dealkylation sites (N-methyl/N-ethyl adjacent to an activating group) is 1. The molecule has 2 fully saturated rings. The van der Waals surface area contributed by atoms with Gasteiger partial charge in [-0.2, -0.15) is 11.8 Å². The molecule has 7 N–H and O–H groups in total. The largest absolute Gasteiger partial charge is 0.447 e. The van der Waals surface area contributed by atoms with Gasteiger partial charge >= 0.3 is 12.1 Å². The number of thioether (sulfide) groups is 1. The monoisotopic (exact) mass is 1370 g/mol. The fourth-order valence-electron chi connectivity index (χ4n) is 12.8. The summed E-state index contributed by atoms with van der Waals surface area (Å²) in [5.74, 6) is -5.52. The summed E-state index contributed by atoms with van der Waals surface area (Å²) < 4.78 is 23.4. The van der Waals surface area contributed by atoms with Crippen LogP contribution in [-0.4, -0.2) is 173 Å². The van der Waals surface area contributed by atoms with Gasteiger partial charge in [0.05, 0.1) is 59.7 Å². The van der Waals surface area contributed by atoms with Gasteiger partial charge in [-0.25, -0.2) is 14.6 Å². The number of urea groups is 1. The number of unbranched alkanes of at least 4 members (excludes halogenated alkanes) is 2.